The molecular formula is C18H26N6O2S. The molecule has 9 heteroatoms. The van der Waals surface area contributed by atoms with Crippen LogP contribution in [0.5, 0.6) is 0 Å². The van der Waals surface area contributed by atoms with Gasteiger partial charge in [-0.25, -0.2) is 13.4 Å². The highest BCUT2D eigenvalue weighted by Crippen LogP contribution is 2.42. The molecule has 2 fully saturated rings. The monoisotopic (exact) mass is 390 g/mol. The predicted octanol–water partition coefficient (Wildman–Crippen LogP) is 1.58. The van der Waals surface area contributed by atoms with E-state index < -0.39 is 15.7 Å². The van der Waals surface area contributed by atoms with Crippen LogP contribution in [-0.4, -0.2) is 43.4 Å². The largest absolute Gasteiger partial charge is 0.369 e. The lowest BCUT2D eigenvalue weighted by Crippen LogP contribution is -2.58. The number of hydrogen-bond acceptors (Lipinski definition) is 7. The smallest absolute Gasteiger partial charge is 0.245 e. The number of nitrogens with zero attached hydrogens (tertiary/aromatic N) is 4. The Morgan fingerprint density at radius 3 is 2.33 bits per heavy atom. The molecule has 146 valence electrons. The Hall–Kier alpha value is -2.13. The molecule has 1 aliphatic carbocycles. The summed E-state index contributed by atoms with van der Waals surface area (Å²) in [4.78, 5) is 10.8. The van der Waals surface area contributed by atoms with Crippen molar-refractivity contribution < 1.29 is 8.42 Å². The van der Waals surface area contributed by atoms with E-state index in [9.17, 15) is 8.42 Å². The second-order valence-electron chi connectivity index (χ2n) is 7.40. The van der Waals surface area contributed by atoms with Crippen molar-refractivity contribution in [3.8, 4) is 0 Å². The first-order chi connectivity index (χ1) is 12.9. The van der Waals surface area contributed by atoms with E-state index >= 15 is 0 Å². The summed E-state index contributed by atoms with van der Waals surface area (Å²) in [6.45, 7) is 1.10. The minimum atomic E-state index is -3.61. The summed E-state index contributed by atoms with van der Waals surface area (Å²) >= 11 is 0. The van der Waals surface area contributed by atoms with Gasteiger partial charge in [0.05, 0.1) is 5.69 Å². The van der Waals surface area contributed by atoms with Crippen molar-refractivity contribution in [1.29, 1.82) is 0 Å². The summed E-state index contributed by atoms with van der Waals surface area (Å²) in [6, 6.07) is 7.01. The third kappa shape index (κ3) is 3.08. The molecule has 1 saturated carbocycles. The Bertz CT molecular complexity index is 883. The van der Waals surface area contributed by atoms with Gasteiger partial charge in [0.2, 0.25) is 21.9 Å². The maximum atomic E-state index is 13.3. The lowest BCUT2D eigenvalue weighted by molar-refractivity contribution is 0.304. The van der Waals surface area contributed by atoms with Gasteiger partial charge in [0.1, 0.15) is 10.6 Å². The van der Waals surface area contributed by atoms with Crippen LogP contribution >= 0.6 is 0 Å². The summed E-state index contributed by atoms with van der Waals surface area (Å²) in [6.07, 6.45) is 6.40. The highest BCUT2D eigenvalue weighted by atomic mass is 32.2. The minimum absolute atomic E-state index is 0.158. The molecule has 8 nitrogen and oxygen atoms in total. The highest BCUT2D eigenvalue weighted by Gasteiger charge is 2.44. The van der Waals surface area contributed by atoms with Gasteiger partial charge in [-0.15, -0.1) is 0 Å². The van der Waals surface area contributed by atoms with Gasteiger partial charge in [-0.05, 0) is 50.7 Å². The van der Waals surface area contributed by atoms with E-state index in [4.69, 9.17) is 11.5 Å². The van der Waals surface area contributed by atoms with Gasteiger partial charge in [0.15, 0.2) is 0 Å². The Balaban J connectivity index is 1.84. The Kier molecular flexibility index (Phi) is 4.59. The lowest BCUT2D eigenvalue weighted by atomic mass is 9.87. The van der Waals surface area contributed by atoms with Gasteiger partial charge in [-0.2, -0.15) is 9.30 Å². The van der Waals surface area contributed by atoms with E-state index in [-0.39, 0.29) is 16.8 Å². The molecule has 2 aliphatic heterocycles. The molecule has 0 radical (unpaired) electrons. The lowest BCUT2D eigenvalue weighted by Gasteiger charge is -2.46. The van der Waals surface area contributed by atoms with Crippen molar-refractivity contribution in [2.75, 3.05) is 18.0 Å². The quantitative estimate of drug-likeness (QED) is 0.812. The molecule has 4 rings (SSSR count). The fourth-order valence-corrected chi connectivity index (χ4v) is 6.09. The first-order valence-electron chi connectivity index (χ1n) is 9.53. The number of hydrogen-bond donors (Lipinski definition) is 2. The summed E-state index contributed by atoms with van der Waals surface area (Å²) in [5.41, 5.74) is 12.1. The Morgan fingerprint density at radius 1 is 0.963 bits per heavy atom. The topological polar surface area (TPSA) is 117 Å². The molecule has 0 atom stereocenters. The van der Waals surface area contributed by atoms with Crippen molar-refractivity contribution in [1.82, 2.24) is 4.31 Å². The van der Waals surface area contributed by atoms with E-state index in [2.05, 4.69) is 9.98 Å². The maximum absolute atomic E-state index is 13.3. The third-order valence-electron chi connectivity index (χ3n) is 5.64. The number of aliphatic imine (C=N–C) groups is 2. The molecular weight excluding hydrogens is 364 g/mol. The molecule has 2 heterocycles. The van der Waals surface area contributed by atoms with Gasteiger partial charge >= 0.3 is 0 Å². The number of benzene rings is 1. The second kappa shape index (κ2) is 6.79. The van der Waals surface area contributed by atoms with E-state index in [0.29, 0.717) is 18.8 Å². The number of nitrogens with two attached hydrogens (primary N) is 2. The average Bonchev–Trinajstić information content (AvgIpc) is 3.17. The fraction of sp³-hybridized carbons (Fsp3) is 0.556. The third-order valence-corrected chi connectivity index (χ3v) is 7.59. The number of sulfonamides is 1. The first kappa shape index (κ1) is 18.2. The van der Waals surface area contributed by atoms with E-state index in [1.165, 1.54) is 0 Å². The number of para-hydroxylation sites is 1. The molecule has 0 bridgehead atoms. The Labute approximate surface area is 160 Å². The van der Waals surface area contributed by atoms with Gasteiger partial charge in [-0.1, -0.05) is 18.6 Å². The number of rotatable bonds is 3. The molecule has 1 aromatic carbocycles. The second-order valence-corrected chi connectivity index (χ2v) is 9.30. The van der Waals surface area contributed by atoms with Crippen LogP contribution < -0.4 is 16.4 Å². The van der Waals surface area contributed by atoms with Crippen LogP contribution in [0.1, 0.15) is 44.9 Å². The molecule has 0 unspecified atom stereocenters. The zero-order chi connectivity index (χ0) is 19.1. The Morgan fingerprint density at radius 2 is 1.63 bits per heavy atom. The minimum Gasteiger partial charge on any atom is -0.369 e. The van der Waals surface area contributed by atoms with Gasteiger partial charge in [-0.3, -0.25) is 4.90 Å². The molecule has 0 aromatic heterocycles. The number of anilines is 1. The summed E-state index contributed by atoms with van der Waals surface area (Å²) in [7, 11) is -3.61. The van der Waals surface area contributed by atoms with Crippen LogP contribution in [0.15, 0.2) is 39.1 Å². The standard InChI is InChI=1S/C18H26N6O2S/c19-16-21-17(20)24(18(22-16)10-4-1-5-11-18)14-8-2-3-9-15(14)27(25,26)23-12-6-7-13-23/h2-3,8-9H,1,4-7,10-13H2,(H4,19,20,21,22). The average molecular weight is 391 g/mol. The van der Waals surface area contributed by atoms with Gasteiger partial charge < -0.3 is 11.5 Å². The summed E-state index contributed by atoms with van der Waals surface area (Å²) < 4.78 is 28.1. The zero-order valence-electron chi connectivity index (χ0n) is 15.3. The van der Waals surface area contributed by atoms with Crippen LogP contribution in [-0.2, 0) is 10.0 Å². The molecule has 3 aliphatic rings. The molecule has 1 spiro atoms. The zero-order valence-corrected chi connectivity index (χ0v) is 16.2. The normalized spacial score (nSPS) is 23.3. The number of guanidine groups is 2. The van der Waals surface area contributed by atoms with Crippen molar-refractivity contribution in [2.45, 2.75) is 55.5 Å². The molecule has 0 amide bonds. The van der Waals surface area contributed by atoms with Crippen LogP contribution in [0, 0.1) is 0 Å². The maximum Gasteiger partial charge on any atom is 0.245 e. The predicted molar refractivity (Wildman–Crippen MR) is 106 cm³/mol. The van der Waals surface area contributed by atoms with E-state index in [0.717, 1.165) is 44.9 Å². The van der Waals surface area contributed by atoms with Gasteiger partial charge in [0.25, 0.3) is 0 Å². The SMILES string of the molecule is NC1=NC2(CCCCC2)N(c2ccccc2S(=O)(=O)N2CCCC2)C(N)=N1. The van der Waals surface area contributed by atoms with Crippen LogP contribution in [0.4, 0.5) is 5.69 Å². The van der Waals surface area contributed by atoms with E-state index in [1.807, 2.05) is 6.07 Å². The molecule has 27 heavy (non-hydrogen) atoms. The van der Waals surface area contributed by atoms with Crippen molar-refractivity contribution in [3.63, 3.8) is 0 Å². The van der Waals surface area contributed by atoms with Crippen molar-refractivity contribution >= 4 is 27.6 Å². The van der Waals surface area contributed by atoms with Crippen LogP contribution in [0.2, 0.25) is 0 Å². The van der Waals surface area contributed by atoms with Crippen molar-refractivity contribution in [2.24, 2.45) is 21.5 Å². The molecule has 1 saturated heterocycles. The molecule has 1 aromatic rings. The summed E-state index contributed by atoms with van der Waals surface area (Å²) in [5.74, 6) is 0.360. The van der Waals surface area contributed by atoms with Crippen LogP contribution in [0.3, 0.4) is 0 Å². The fourth-order valence-electron chi connectivity index (χ4n) is 4.40. The van der Waals surface area contributed by atoms with Gasteiger partial charge in [0, 0.05) is 13.1 Å². The first-order valence-corrected chi connectivity index (χ1v) is 11.0. The summed E-state index contributed by atoms with van der Waals surface area (Å²) in [5, 5.41) is 0. The van der Waals surface area contributed by atoms with E-state index in [1.54, 1.807) is 27.4 Å². The van der Waals surface area contributed by atoms with Crippen molar-refractivity contribution in [3.05, 3.63) is 24.3 Å². The highest BCUT2D eigenvalue weighted by molar-refractivity contribution is 7.89. The van der Waals surface area contributed by atoms with Crippen LogP contribution in [0.25, 0.3) is 0 Å². The molecule has 4 N–H and O–H groups in total.